The summed E-state index contributed by atoms with van der Waals surface area (Å²) in [5, 5.41) is 11.9. The van der Waals surface area contributed by atoms with Gasteiger partial charge in [0.15, 0.2) is 16.7 Å². The van der Waals surface area contributed by atoms with Crippen LogP contribution in [0.15, 0.2) is 66.7 Å². The summed E-state index contributed by atoms with van der Waals surface area (Å²) in [4.78, 5) is 42.1. The van der Waals surface area contributed by atoms with Crippen molar-refractivity contribution in [1.29, 1.82) is 0 Å². The monoisotopic (exact) mass is 447 g/mol. The molecule has 0 aliphatic rings. The van der Waals surface area contributed by atoms with Crippen LogP contribution in [0, 0.1) is 10.1 Å². The van der Waals surface area contributed by atoms with Crippen molar-refractivity contribution >= 4 is 49.8 Å². The van der Waals surface area contributed by atoms with Gasteiger partial charge in [0.05, 0.1) is 27.9 Å². The second kappa shape index (κ2) is 8.56. The zero-order valence-electron chi connectivity index (χ0n) is 17.1. The number of benzene rings is 3. The third-order valence-corrected chi connectivity index (χ3v) is 5.85. The molecule has 1 heterocycles. The van der Waals surface area contributed by atoms with E-state index >= 15 is 0 Å². The molecule has 0 bridgehead atoms. The third kappa shape index (κ3) is 3.93. The topological polar surface area (TPSA) is 103 Å². The molecular formula is C23H17N3O5S. The summed E-state index contributed by atoms with van der Waals surface area (Å²) in [5.74, 6) is -0.533. The van der Waals surface area contributed by atoms with Crippen molar-refractivity contribution in [2.24, 2.45) is 0 Å². The van der Waals surface area contributed by atoms with E-state index < -0.39 is 10.8 Å². The molecule has 0 spiro atoms. The number of fused-ring (bicyclic) bond motifs is 1. The maximum Gasteiger partial charge on any atom is 0.311 e. The number of amides is 1. The molecule has 9 heteroatoms. The molecular weight excluding hydrogens is 430 g/mol. The van der Waals surface area contributed by atoms with E-state index in [1.54, 1.807) is 24.3 Å². The van der Waals surface area contributed by atoms with Crippen LogP contribution < -0.4 is 9.64 Å². The molecule has 0 atom stereocenters. The van der Waals surface area contributed by atoms with Crippen LogP contribution in [0.3, 0.4) is 0 Å². The second-order valence-corrected chi connectivity index (χ2v) is 7.86. The van der Waals surface area contributed by atoms with Gasteiger partial charge in [-0.1, -0.05) is 23.5 Å². The van der Waals surface area contributed by atoms with Crippen LogP contribution in [-0.2, 0) is 0 Å². The highest BCUT2D eigenvalue weighted by molar-refractivity contribution is 7.22. The van der Waals surface area contributed by atoms with E-state index in [-0.39, 0.29) is 22.8 Å². The lowest BCUT2D eigenvalue weighted by Crippen LogP contribution is -2.26. The van der Waals surface area contributed by atoms with E-state index in [9.17, 15) is 19.7 Å². The van der Waals surface area contributed by atoms with Crippen molar-refractivity contribution in [1.82, 2.24) is 4.98 Å². The largest absolute Gasteiger partial charge is 0.490 e. The highest BCUT2D eigenvalue weighted by Crippen LogP contribution is 2.36. The summed E-state index contributed by atoms with van der Waals surface area (Å²) in [6, 6.07) is 18.1. The van der Waals surface area contributed by atoms with Gasteiger partial charge in [-0.2, -0.15) is 0 Å². The van der Waals surface area contributed by atoms with Gasteiger partial charge in [0.1, 0.15) is 0 Å². The Bertz CT molecular complexity index is 1310. The Morgan fingerprint density at radius 2 is 1.72 bits per heavy atom. The van der Waals surface area contributed by atoms with Gasteiger partial charge in [-0.15, -0.1) is 0 Å². The number of nitro groups is 1. The molecule has 1 aromatic heterocycles. The predicted octanol–water partition coefficient (Wildman–Crippen LogP) is 5.39. The first-order chi connectivity index (χ1) is 15.4. The number of nitro benzene ring substituents is 1. The van der Waals surface area contributed by atoms with Crippen LogP contribution >= 0.6 is 11.3 Å². The fourth-order valence-corrected chi connectivity index (χ4v) is 4.20. The lowest BCUT2D eigenvalue weighted by atomic mass is 10.1. The van der Waals surface area contributed by atoms with Gasteiger partial charge in [0.25, 0.3) is 5.91 Å². The molecule has 0 N–H and O–H groups in total. The lowest BCUT2D eigenvalue weighted by Gasteiger charge is -2.20. The van der Waals surface area contributed by atoms with Crippen molar-refractivity contribution in [2.45, 2.75) is 6.92 Å². The Kier molecular flexibility index (Phi) is 5.65. The number of ketones is 1. The highest BCUT2D eigenvalue weighted by atomic mass is 32.1. The van der Waals surface area contributed by atoms with Crippen LogP contribution in [0.2, 0.25) is 0 Å². The van der Waals surface area contributed by atoms with Crippen molar-refractivity contribution in [3.05, 3.63) is 88.0 Å². The Morgan fingerprint density at radius 3 is 2.34 bits per heavy atom. The first-order valence-corrected chi connectivity index (χ1v) is 10.3. The van der Waals surface area contributed by atoms with Gasteiger partial charge >= 0.3 is 5.69 Å². The standard InChI is InChI=1S/C23H17N3O5S/c1-14(27)15-7-10-17(11-8-15)25(23-24-18-5-3-4-6-21(18)32-23)22(28)16-9-12-20(31-2)19(13-16)26(29)30/h3-13H,1-2H3. The number of methoxy groups -OCH3 is 1. The molecule has 4 aromatic rings. The van der Waals surface area contributed by atoms with Crippen LogP contribution in [-0.4, -0.2) is 28.7 Å². The molecule has 0 aliphatic carbocycles. The molecule has 32 heavy (non-hydrogen) atoms. The molecule has 1 amide bonds. The predicted molar refractivity (Wildman–Crippen MR) is 122 cm³/mol. The van der Waals surface area contributed by atoms with Crippen molar-refractivity contribution < 1.29 is 19.2 Å². The minimum atomic E-state index is -0.598. The molecule has 3 aromatic carbocycles. The van der Waals surface area contributed by atoms with Crippen LogP contribution in [0.25, 0.3) is 10.2 Å². The van der Waals surface area contributed by atoms with Crippen LogP contribution in [0.4, 0.5) is 16.5 Å². The van der Waals surface area contributed by atoms with E-state index in [4.69, 9.17) is 4.74 Å². The number of thiazole rings is 1. The lowest BCUT2D eigenvalue weighted by molar-refractivity contribution is -0.385. The SMILES string of the molecule is COc1ccc(C(=O)N(c2ccc(C(C)=O)cc2)c2nc3ccccc3s2)cc1[N+](=O)[O-]. The summed E-state index contributed by atoms with van der Waals surface area (Å²) < 4.78 is 5.93. The Balaban J connectivity index is 1.85. The van der Waals surface area contributed by atoms with Gasteiger partial charge in [0, 0.05) is 17.2 Å². The summed E-state index contributed by atoms with van der Waals surface area (Å²) >= 11 is 1.32. The van der Waals surface area contributed by atoms with Gasteiger partial charge in [-0.25, -0.2) is 4.98 Å². The van der Waals surface area contributed by atoms with E-state index in [0.29, 0.717) is 16.4 Å². The van der Waals surface area contributed by atoms with Gasteiger partial charge in [-0.3, -0.25) is 24.6 Å². The number of aromatic nitrogens is 1. The number of rotatable bonds is 6. The summed E-state index contributed by atoms with van der Waals surface area (Å²) in [5.41, 5.74) is 1.51. The van der Waals surface area contributed by atoms with Crippen molar-refractivity contribution in [2.75, 3.05) is 12.0 Å². The smallest absolute Gasteiger partial charge is 0.311 e. The maximum absolute atomic E-state index is 13.6. The fraction of sp³-hybridized carbons (Fsp3) is 0.0870. The Labute approximate surface area is 186 Å². The van der Waals surface area contributed by atoms with E-state index in [1.165, 1.54) is 48.5 Å². The minimum Gasteiger partial charge on any atom is -0.490 e. The average Bonchev–Trinajstić information content (AvgIpc) is 3.22. The average molecular weight is 447 g/mol. The van der Waals surface area contributed by atoms with E-state index in [1.807, 2.05) is 24.3 Å². The molecule has 4 rings (SSSR count). The number of Topliss-reactive ketones (excluding diaryl/α,β-unsaturated/α-hetero) is 1. The molecule has 0 unspecified atom stereocenters. The third-order valence-electron chi connectivity index (χ3n) is 4.83. The number of ether oxygens (including phenoxy) is 1. The fourth-order valence-electron chi connectivity index (χ4n) is 3.21. The number of para-hydroxylation sites is 1. The van der Waals surface area contributed by atoms with Crippen LogP contribution in [0.1, 0.15) is 27.6 Å². The zero-order valence-corrected chi connectivity index (χ0v) is 18.0. The number of nitrogens with zero attached hydrogens (tertiary/aromatic N) is 3. The number of anilines is 2. The summed E-state index contributed by atoms with van der Waals surface area (Å²) in [6.45, 7) is 1.46. The van der Waals surface area contributed by atoms with E-state index in [0.717, 1.165) is 10.2 Å². The molecule has 0 aliphatic heterocycles. The number of hydrogen-bond acceptors (Lipinski definition) is 7. The second-order valence-electron chi connectivity index (χ2n) is 6.85. The molecule has 0 saturated heterocycles. The highest BCUT2D eigenvalue weighted by Gasteiger charge is 2.26. The van der Waals surface area contributed by atoms with Crippen LogP contribution in [0.5, 0.6) is 5.75 Å². The normalized spacial score (nSPS) is 10.7. The van der Waals surface area contributed by atoms with Gasteiger partial charge in [0.2, 0.25) is 0 Å². The first kappa shape index (κ1) is 21.1. The number of carbonyl (C=O) groups excluding carboxylic acids is 2. The Hall–Kier alpha value is -4.11. The minimum absolute atomic E-state index is 0.0592. The molecule has 0 fully saturated rings. The molecule has 160 valence electrons. The first-order valence-electron chi connectivity index (χ1n) is 9.52. The maximum atomic E-state index is 13.6. The summed E-state index contributed by atoms with van der Waals surface area (Å²) in [6.07, 6.45) is 0. The Morgan fingerprint density at radius 1 is 1.03 bits per heavy atom. The molecule has 0 saturated carbocycles. The number of carbonyl (C=O) groups is 2. The van der Waals surface area contributed by atoms with Gasteiger partial charge in [-0.05, 0) is 55.5 Å². The molecule has 0 radical (unpaired) electrons. The van der Waals surface area contributed by atoms with Gasteiger partial charge < -0.3 is 4.74 Å². The zero-order chi connectivity index (χ0) is 22.8. The number of hydrogen-bond donors (Lipinski definition) is 0. The van der Waals surface area contributed by atoms with Crippen molar-refractivity contribution in [3.8, 4) is 5.75 Å². The van der Waals surface area contributed by atoms with Crippen molar-refractivity contribution in [3.63, 3.8) is 0 Å². The summed E-state index contributed by atoms with van der Waals surface area (Å²) in [7, 11) is 1.33. The quantitative estimate of drug-likeness (QED) is 0.223. The van der Waals surface area contributed by atoms with E-state index in [2.05, 4.69) is 4.98 Å². The molecule has 8 nitrogen and oxygen atoms in total.